The number of fused-ring (bicyclic) bond motifs is 1. The van der Waals surface area contributed by atoms with Crippen LogP contribution in [-0.4, -0.2) is 68.8 Å². The summed E-state index contributed by atoms with van der Waals surface area (Å²) >= 11 is 0. The summed E-state index contributed by atoms with van der Waals surface area (Å²) in [7, 11) is 2.13. The van der Waals surface area contributed by atoms with E-state index in [9.17, 15) is 9.59 Å². The number of carbonyl (C=O) groups is 1. The second kappa shape index (κ2) is 11.6. The summed E-state index contributed by atoms with van der Waals surface area (Å²) < 4.78 is 1.83. The zero-order valence-electron chi connectivity index (χ0n) is 24.0. The molecule has 5 rings (SSSR count). The van der Waals surface area contributed by atoms with E-state index in [-0.39, 0.29) is 24.1 Å². The Bertz CT molecular complexity index is 1560. The van der Waals surface area contributed by atoms with Gasteiger partial charge in [-0.3, -0.25) is 9.59 Å². The van der Waals surface area contributed by atoms with Crippen LogP contribution in [0.1, 0.15) is 60.4 Å². The topological polar surface area (TPSA) is 112 Å². The first-order valence-electron chi connectivity index (χ1n) is 14.0. The number of aromatic nitrogens is 5. The maximum absolute atomic E-state index is 13.6. The molecule has 0 aromatic carbocycles. The van der Waals surface area contributed by atoms with Crippen LogP contribution in [-0.2, 0) is 13.0 Å². The molecule has 0 atom stereocenters. The van der Waals surface area contributed by atoms with Gasteiger partial charge in [0, 0.05) is 61.8 Å². The Labute approximate surface area is 234 Å². The van der Waals surface area contributed by atoms with E-state index in [0.717, 1.165) is 61.7 Å². The van der Waals surface area contributed by atoms with Crippen molar-refractivity contribution in [1.29, 1.82) is 0 Å². The standard InChI is InChI=1S/C30H38N8O2/c1-6-7-21-14-20(4)34-30(40)24(21)17-32-29(39)23-15-26(35-28-25(23)18-33-38(28)19(2)3)22-8-9-27(31-16-22)37-12-10-36(5)11-13-37/h8-9,14-16,18-19H,6-7,10-13,17H2,1-5H3,(H,32,39)(H,34,40). The number of nitrogens with one attached hydrogen (secondary N) is 2. The van der Waals surface area contributed by atoms with Gasteiger partial charge >= 0.3 is 0 Å². The van der Waals surface area contributed by atoms with E-state index in [1.54, 1.807) is 12.3 Å². The van der Waals surface area contributed by atoms with Crippen LogP contribution in [0.25, 0.3) is 22.3 Å². The van der Waals surface area contributed by atoms with Crippen molar-refractivity contribution in [1.82, 2.24) is 34.9 Å². The molecule has 0 bridgehead atoms. The maximum atomic E-state index is 13.6. The molecule has 0 spiro atoms. The molecule has 210 valence electrons. The zero-order valence-corrected chi connectivity index (χ0v) is 24.0. The summed E-state index contributed by atoms with van der Waals surface area (Å²) in [6.45, 7) is 12.1. The number of nitrogens with zero attached hydrogens (tertiary/aromatic N) is 6. The van der Waals surface area contributed by atoms with Gasteiger partial charge in [0.2, 0.25) is 0 Å². The molecule has 0 radical (unpaired) electrons. The molecule has 0 unspecified atom stereocenters. The van der Waals surface area contributed by atoms with Crippen molar-refractivity contribution in [2.45, 2.75) is 53.1 Å². The molecular weight excluding hydrogens is 504 g/mol. The van der Waals surface area contributed by atoms with Gasteiger partial charge in [0.15, 0.2) is 5.65 Å². The second-order valence-electron chi connectivity index (χ2n) is 10.9. The number of hydrogen-bond acceptors (Lipinski definition) is 7. The van der Waals surface area contributed by atoms with Gasteiger partial charge in [-0.05, 0) is 64.1 Å². The van der Waals surface area contributed by atoms with E-state index in [2.05, 4.69) is 39.2 Å². The fourth-order valence-corrected chi connectivity index (χ4v) is 5.23. The average molecular weight is 543 g/mol. The molecule has 4 aromatic rings. The quantitative estimate of drug-likeness (QED) is 0.349. The van der Waals surface area contributed by atoms with E-state index in [1.165, 1.54) is 0 Å². The van der Waals surface area contributed by atoms with E-state index >= 15 is 0 Å². The number of carbonyl (C=O) groups excluding carboxylic acids is 1. The lowest BCUT2D eigenvalue weighted by atomic mass is 10.0. The normalized spacial score (nSPS) is 14.3. The van der Waals surface area contributed by atoms with Crippen LogP contribution >= 0.6 is 0 Å². The Morgan fingerprint density at radius 2 is 1.90 bits per heavy atom. The van der Waals surface area contributed by atoms with Crippen molar-refractivity contribution in [3.63, 3.8) is 0 Å². The lowest BCUT2D eigenvalue weighted by molar-refractivity contribution is 0.0952. The van der Waals surface area contributed by atoms with Gasteiger partial charge < -0.3 is 20.1 Å². The third kappa shape index (κ3) is 5.62. The number of H-pyrrole nitrogens is 1. The molecule has 1 aliphatic rings. The molecule has 4 aromatic heterocycles. The van der Waals surface area contributed by atoms with Gasteiger partial charge in [-0.15, -0.1) is 0 Å². The van der Waals surface area contributed by atoms with Crippen LogP contribution < -0.4 is 15.8 Å². The van der Waals surface area contributed by atoms with Crippen molar-refractivity contribution in [3.8, 4) is 11.3 Å². The van der Waals surface area contributed by atoms with Crippen molar-refractivity contribution < 1.29 is 4.79 Å². The highest BCUT2D eigenvalue weighted by molar-refractivity contribution is 6.06. The molecule has 2 N–H and O–H groups in total. The molecule has 10 nitrogen and oxygen atoms in total. The predicted octanol–water partition coefficient (Wildman–Crippen LogP) is 3.71. The summed E-state index contributed by atoms with van der Waals surface area (Å²) in [6.07, 6.45) is 5.20. The number of pyridine rings is 3. The number of aryl methyl sites for hydroxylation is 2. The van der Waals surface area contributed by atoms with Crippen LogP contribution in [0.5, 0.6) is 0 Å². The molecule has 1 fully saturated rings. The lowest BCUT2D eigenvalue weighted by Crippen LogP contribution is -2.44. The third-order valence-electron chi connectivity index (χ3n) is 7.48. The number of aromatic amines is 1. The minimum absolute atomic E-state index is 0.0663. The monoisotopic (exact) mass is 542 g/mol. The highest BCUT2D eigenvalue weighted by atomic mass is 16.1. The fraction of sp³-hybridized carbons (Fsp3) is 0.433. The van der Waals surface area contributed by atoms with Crippen LogP contribution in [0, 0.1) is 6.92 Å². The SMILES string of the molecule is CCCc1cc(C)[nH]c(=O)c1CNC(=O)c1cc(-c2ccc(N3CCN(C)CC3)nc2)nc2c1cnn2C(C)C. The maximum Gasteiger partial charge on any atom is 0.253 e. The van der Waals surface area contributed by atoms with Gasteiger partial charge in [0.25, 0.3) is 11.5 Å². The number of rotatable bonds is 8. The Morgan fingerprint density at radius 3 is 2.58 bits per heavy atom. The van der Waals surface area contributed by atoms with Crippen LogP contribution in [0.4, 0.5) is 5.82 Å². The van der Waals surface area contributed by atoms with Crippen molar-refractivity contribution in [3.05, 3.63) is 69.4 Å². The number of anilines is 1. The first-order chi connectivity index (χ1) is 19.2. The number of hydrogen-bond donors (Lipinski definition) is 2. The smallest absolute Gasteiger partial charge is 0.253 e. The van der Waals surface area contributed by atoms with Crippen LogP contribution in [0.15, 0.2) is 41.5 Å². The zero-order chi connectivity index (χ0) is 28.4. The molecule has 10 heteroatoms. The Morgan fingerprint density at radius 1 is 1.12 bits per heavy atom. The van der Waals surface area contributed by atoms with Crippen molar-refractivity contribution >= 4 is 22.8 Å². The molecule has 0 aliphatic carbocycles. The number of likely N-dealkylation sites (N-methyl/N-ethyl adjacent to an activating group) is 1. The summed E-state index contributed by atoms with van der Waals surface area (Å²) in [5, 5.41) is 8.19. The highest BCUT2D eigenvalue weighted by Gasteiger charge is 2.20. The molecule has 1 amide bonds. The van der Waals surface area contributed by atoms with Gasteiger partial charge in [-0.1, -0.05) is 13.3 Å². The molecule has 1 saturated heterocycles. The lowest BCUT2D eigenvalue weighted by Gasteiger charge is -2.33. The van der Waals surface area contributed by atoms with Crippen LogP contribution in [0.3, 0.4) is 0 Å². The highest BCUT2D eigenvalue weighted by Crippen LogP contribution is 2.27. The van der Waals surface area contributed by atoms with Gasteiger partial charge in [-0.2, -0.15) is 5.10 Å². The summed E-state index contributed by atoms with van der Waals surface area (Å²) in [5.74, 6) is 0.663. The number of piperazine rings is 1. The summed E-state index contributed by atoms with van der Waals surface area (Å²) in [4.78, 5) is 43.4. The fourth-order valence-electron chi connectivity index (χ4n) is 5.23. The Hall–Kier alpha value is -4.05. The predicted molar refractivity (Wildman–Crippen MR) is 158 cm³/mol. The van der Waals surface area contributed by atoms with E-state index in [0.29, 0.717) is 27.9 Å². The molecule has 40 heavy (non-hydrogen) atoms. The molecule has 5 heterocycles. The Kier molecular flexibility index (Phi) is 7.97. The third-order valence-corrected chi connectivity index (χ3v) is 7.48. The van der Waals surface area contributed by atoms with Gasteiger partial charge in [0.05, 0.1) is 22.8 Å². The molecule has 1 aliphatic heterocycles. The van der Waals surface area contributed by atoms with Gasteiger partial charge in [-0.25, -0.2) is 14.6 Å². The van der Waals surface area contributed by atoms with E-state index < -0.39 is 0 Å². The molecular formula is C30H38N8O2. The average Bonchev–Trinajstić information content (AvgIpc) is 3.37. The largest absolute Gasteiger partial charge is 0.354 e. The summed E-state index contributed by atoms with van der Waals surface area (Å²) in [6, 6.07) is 7.88. The van der Waals surface area contributed by atoms with Crippen molar-refractivity contribution in [2.75, 3.05) is 38.1 Å². The first kappa shape index (κ1) is 27.5. The Balaban J connectivity index is 1.47. The minimum atomic E-state index is -0.276. The first-order valence-corrected chi connectivity index (χ1v) is 14.0. The van der Waals surface area contributed by atoms with Crippen LogP contribution in [0.2, 0.25) is 0 Å². The molecule has 0 saturated carbocycles. The number of amides is 1. The van der Waals surface area contributed by atoms with E-state index in [4.69, 9.17) is 9.97 Å². The minimum Gasteiger partial charge on any atom is -0.354 e. The summed E-state index contributed by atoms with van der Waals surface area (Å²) in [5.41, 5.74) is 4.79. The van der Waals surface area contributed by atoms with E-state index in [1.807, 2.05) is 49.8 Å². The second-order valence-corrected chi connectivity index (χ2v) is 10.9. The van der Waals surface area contributed by atoms with Crippen molar-refractivity contribution in [2.24, 2.45) is 0 Å². The van der Waals surface area contributed by atoms with Gasteiger partial charge in [0.1, 0.15) is 5.82 Å².